The van der Waals surface area contributed by atoms with Crippen LogP contribution in [0.2, 0.25) is 0 Å². The van der Waals surface area contributed by atoms with E-state index in [4.69, 9.17) is 9.47 Å². The minimum atomic E-state index is -0.322. The maximum atomic E-state index is 11.5. The largest absolute Gasteiger partial charge is 0.496 e. The first-order valence-electron chi connectivity index (χ1n) is 7.41. The standard InChI is InChI=1S/C19H19NO3/c1-20-12-16-15(5-4-6-18(16)22-2)11-17(20)13-7-9-14(10-8-13)19(21)23-3/h4-11H,12H2,1-3H3. The Morgan fingerprint density at radius 2 is 1.83 bits per heavy atom. The smallest absolute Gasteiger partial charge is 0.337 e. The van der Waals surface area contributed by atoms with Crippen LogP contribution in [0.5, 0.6) is 5.75 Å². The van der Waals surface area contributed by atoms with E-state index in [1.165, 1.54) is 12.7 Å². The maximum absolute atomic E-state index is 11.5. The van der Waals surface area contributed by atoms with Crippen LogP contribution in [0.15, 0.2) is 42.5 Å². The van der Waals surface area contributed by atoms with E-state index in [9.17, 15) is 4.79 Å². The Morgan fingerprint density at radius 3 is 2.48 bits per heavy atom. The van der Waals surface area contributed by atoms with E-state index in [1.807, 2.05) is 24.3 Å². The van der Waals surface area contributed by atoms with Crippen molar-refractivity contribution in [3.05, 3.63) is 64.7 Å². The number of fused-ring (bicyclic) bond motifs is 1. The van der Waals surface area contributed by atoms with Crippen molar-refractivity contribution in [2.45, 2.75) is 6.54 Å². The number of benzene rings is 2. The normalized spacial score (nSPS) is 13.2. The second-order valence-corrected chi connectivity index (χ2v) is 5.48. The van der Waals surface area contributed by atoms with Gasteiger partial charge in [0.25, 0.3) is 0 Å². The van der Waals surface area contributed by atoms with Crippen LogP contribution in [0.1, 0.15) is 27.0 Å². The molecule has 0 atom stereocenters. The lowest BCUT2D eigenvalue weighted by Gasteiger charge is -2.29. The van der Waals surface area contributed by atoms with Crippen molar-refractivity contribution in [3.8, 4) is 5.75 Å². The van der Waals surface area contributed by atoms with Gasteiger partial charge in [0.2, 0.25) is 0 Å². The molecule has 118 valence electrons. The van der Waals surface area contributed by atoms with Crippen molar-refractivity contribution in [3.63, 3.8) is 0 Å². The molecule has 2 aromatic rings. The summed E-state index contributed by atoms with van der Waals surface area (Å²) in [5.41, 5.74) is 5.08. The lowest BCUT2D eigenvalue weighted by atomic mass is 9.97. The van der Waals surface area contributed by atoms with Gasteiger partial charge in [-0.2, -0.15) is 0 Å². The van der Waals surface area contributed by atoms with Gasteiger partial charge in [0.1, 0.15) is 5.75 Å². The van der Waals surface area contributed by atoms with Crippen LogP contribution in [0.4, 0.5) is 0 Å². The van der Waals surface area contributed by atoms with Gasteiger partial charge in [-0.1, -0.05) is 24.3 Å². The quantitative estimate of drug-likeness (QED) is 0.814. The van der Waals surface area contributed by atoms with E-state index < -0.39 is 0 Å². The summed E-state index contributed by atoms with van der Waals surface area (Å²) in [5, 5.41) is 0. The second-order valence-electron chi connectivity index (χ2n) is 5.48. The summed E-state index contributed by atoms with van der Waals surface area (Å²) in [6.45, 7) is 0.782. The molecule has 0 aromatic heterocycles. The first-order valence-corrected chi connectivity index (χ1v) is 7.41. The molecule has 0 aliphatic carbocycles. The Hall–Kier alpha value is -2.75. The number of ether oxygens (including phenoxy) is 2. The predicted octanol–water partition coefficient (Wildman–Crippen LogP) is 3.43. The van der Waals surface area contributed by atoms with Crippen LogP contribution >= 0.6 is 0 Å². The van der Waals surface area contributed by atoms with E-state index in [1.54, 1.807) is 19.2 Å². The summed E-state index contributed by atoms with van der Waals surface area (Å²) in [4.78, 5) is 13.7. The summed E-state index contributed by atoms with van der Waals surface area (Å²) in [5.74, 6) is 0.586. The van der Waals surface area contributed by atoms with Gasteiger partial charge in [-0.15, -0.1) is 0 Å². The molecule has 0 fully saturated rings. The molecule has 0 unspecified atom stereocenters. The molecule has 0 radical (unpaired) electrons. The average molecular weight is 309 g/mol. The summed E-state index contributed by atoms with van der Waals surface area (Å²) < 4.78 is 10.2. The molecule has 0 saturated carbocycles. The fourth-order valence-electron chi connectivity index (χ4n) is 2.86. The highest BCUT2D eigenvalue weighted by molar-refractivity contribution is 5.90. The summed E-state index contributed by atoms with van der Waals surface area (Å²) in [7, 11) is 5.13. The van der Waals surface area contributed by atoms with Crippen molar-refractivity contribution >= 4 is 17.7 Å². The zero-order valence-electron chi connectivity index (χ0n) is 13.5. The minimum Gasteiger partial charge on any atom is -0.496 e. The number of hydrogen-bond acceptors (Lipinski definition) is 4. The third kappa shape index (κ3) is 2.80. The number of hydrogen-bond donors (Lipinski definition) is 0. The van der Waals surface area contributed by atoms with Crippen LogP contribution in [0.25, 0.3) is 11.8 Å². The van der Waals surface area contributed by atoms with Crippen LogP contribution in [-0.4, -0.2) is 32.1 Å². The lowest BCUT2D eigenvalue weighted by Crippen LogP contribution is -2.21. The van der Waals surface area contributed by atoms with Crippen LogP contribution in [0, 0.1) is 0 Å². The van der Waals surface area contributed by atoms with Gasteiger partial charge in [0.15, 0.2) is 0 Å². The van der Waals surface area contributed by atoms with Gasteiger partial charge >= 0.3 is 5.97 Å². The Balaban J connectivity index is 1.99. The number of methoxy groups -OCH3 is 2. The van der Waals surface area contributed by atoms with Crippen molar-refractivity contribution in [1.82, 2.24) is 4.90 Å². The molecule has 4 heteroatoms. The molecule has 0 bridgehead atoms. The molecule has 1 heterocycles. The fraction of sp³-hybridized carbons (Fsp3) is 0.211. The van der Waals surface area contributed by atoms with E-state index in [0.717, 1.165) is 29.1 Å². The highest BCUT2D eigenvalue weighted by Crippen LogP contribution is 2.34. The zero-order chi connectivity index (χ0) is 16.4. The summed E-state index contributed by atoms with van der Waals surface area (Å²) in [6, 6.07) is 13.5. The highest BCUT2D eigenvalue weighted by Gasteiger charge is 2.19. The van der Waals surface area contributed by atoms with E-state index in [-0.39, 0.29) is 5.97 Å². The van der Waals surface area contributed by atoms with Crippen molar-refractivity contribution < 1.29 is 14.3 Å². The first kappa shape index (κ1) is 15.2. The minimum absolute atomic E-state index is 0.322. The first-order chi connectivity index (χ1) is 11.1. The molecule has 3 rings (SSSR count). The number of esters is 1. The van der Waals surface area contributed by atoms with Gasteiger partial charge in [0, 0.05) is 24.9 Å². The summed E-state index contributed by atoms with van der Waals surface area (Å²) >= 11 is 0. The van der Waals surface area contributed by atoms with E-state index in [0.29, 0.717) is 5.56 Å². The zero-order valence-corrected chi connectivity index (χ0v) is 13.5. The number of rotatable bonds is 3. The van der Waals surface area contributed by atoms with Crippen LogP contribution in [0.3, 0.4) is 0 Å². The van der Waals surface area contributed by atoms with Gasteiger partial charge in [-0.05, 0) is 35.4 Å². The number of carbonyl (C=O) groups excluding carboxylic acids is 1. The molecule has 4 nitrogen and oxygen atoms in total. The van der Waals surface area contributed by atoms with Crippen LogP contribution < -0.4 is 4.74 Å². The third-order valence-electron chi connectivity index (χ3n) is 4.09. The molecule has 0 N–H and O–H groups in total. The topological polar surface area (TPSA) is 38.8 Å². The van der Waals surface area contributed by atoms with Gasteiger partial charge in [-0.25, -0.2) is 4.79 Å². The molecule has 23 heavy (non-hydrogen) atoms. The molecule has 0 spiro atoms. The Bertz CT molecular complexity index is 763. The highest BCUT2D eigenvalue weighted by atomic mass is 16.5. The second kappa shape index (κ2) is 6.16. The monoisotopic (exact) mass is 309 g/mol. The molecular weight excluding hydrogens is 290 g/mol. The molecule has 1 aliphatic heterocycles. The number of carbonyl (C=O) groups is 1. The van der Waals surface area contributed by atoms with Crippen molar-refractivity contribution in [2.75, 3.05) is 21.3 Å². The van der Waals surface area contributed by atoms with E-state index >= 15 is 0 Å². The summed E-state index contributed by atoms with van der Waals surface area (Å²) in [6.07, 6.45) is 2.15. The molecule has 1 aliphatic rings. The third-order valence-corrected chi connectivity index (χ3v) is 4.09. The Morgan fingerprint density at radius 1 is 1.09 bits per heavy atom. The molecule has 0 saturated heterocycles. The molecular formula is C19H19NO3. The number of nitrogens with zero attached hydrogens (tertiary/aromatic N) is 1. The Kier molecular flexibility index (Phi) is 4.06. The fourth-order valence-corrected chi connectivity index (χ4v) is 2.86. The van der Waals surface area contributed by atoms with Crippen molar-refractivity contribution in [2.24, 2.45) is 0 Å². The SMILES string of the molecule is COC(=O)c1ccc(C2=Cc3cccc(OC)c3CN2C)cc1. The van der Waals surface area contributed by atoms with Gasteiger partial charge in [0.05, 0.1) is 19.8 Å². The lowest BCUT2D eigenvalue weighted by molar-refractivity contribution is 0.0600. The Labute approximate surface area is 135 Å². The maximum Gasteiger partial charge on any atom is 0.337 e. The van der Waals surface area contributed by atoms with E-state index in [2.05, 4.69) is 24.1 Å². The van der Waals surface area contributed by atoms with Crippen LogP contribution in [-0.2, 0) is 11.3 Å². The van der Waals surface area contributed by atoms with Gasteiger partial charge in [-0.3, -0.25) is 0 Å². The van der Waals surface area contributed by atoms with Gasteiger partial charge < -0.3 is 14.4 Å². The molecule has 2 aromatic carbocycles. The van der Waals surface area contributed by atoms with Crippen molar-refractivity contribution in [1.29, 1.82) is 0 Å². The average Bonchev–Trinajstić information content (AvgIpc) is 2.60. The predicted molar refractivity (Wildman–Crippen MR) is 90.1 cm³/mol. The molecule has 0 amide bonds.